The van der Waals surface area contributed by atoms with Gasteiger partial charge in [0.1, 0.15) is 0 Å². The first-order chi connectivity index (χ1) is 6.16. The number of oxazole rings is 1. The Labute approximate surface area is 74.4 Å². The number of aromatic amines is 1. The second kappa shape index (κ2) is 2.74. The summed E-state index contributed by atoms with van der Waals surface area (Å²) in [6, 6.07) is 5.38. The molecule has 0 saturated carbocycles. The number of benzene rings is 1. The molecule has 1 unspecified atom stereocenters. The fourth-order valence-electron chi connectivity index (χ4n) is 1.25. The predicted molar refractivity (Wildman–Crippen MR) is 49.4 cm³/mol. The molecule has 13 heavy (non-hydrogen) atoms. The van der Waals surface area contributed by atoms with Gasteiger partial charge in [-0.25, -0.2) is 4.79 Å². The van der Waals surface area contributed by atoms with Crippen LogP contribution < -0.4 is 11.5 Å². The standard InChI is InChI=1S/C9H10N2O2/c1-5(10)6-2-3-8-7(4-6)11-9(12)13-8/h2-5H,10H2,1H3,(H,11,12). The molecular weight excluding hydrogens is 168 g/mol. The molecule has 0 aliphatic carbocycles. The van der Waals surface area contributed by atoms with E-state index in [0.717, 1.165) is 5.56 Å². The summed E-state index contributed by atoms with van der Waals surface area (Å²) in [7, 11) is 0. The highest BCUT2D eigenvalue weighted by atomic mass is 16.4. The minimum atomic E-state index is -0.433. The number of rotatable bonds is 1. The van der Waals surface area contributed by atoms with Crippen LogP contribution in [0.1, 0.15) is 18.5 Å². The van der Waals surface area contributed by atoms with E-state index < -0.39 is 5.76 Å². The van der Waals surface area contributed by atoms with Crippen molar-refractivity contribution in [1.29, 1.82) is 0 Å². The van der Waals surface area contributed by atoms with Crippen molar-refractivity contribution in [3.05, 3.63) is 34.3 Å². The predicted octanol–water partition coefficient (Wildman–Crippen LogP) is 1.14. The molecule has 0 aliphatic rings. The molecule has 0 radical (unpaired) electrons. The van der Waals surface area contributed by atoms with Gasteiger partial charge in [0.25, 0.3) is 0 Å². The largest absolute Gasteiger partial charge is 0.417 e. The summed E-state index contributed by atoms with van der Waals surface area (Å²) < 4.78 is 4.85. The van der Waals surface area contributed by atoms with Crippen LogP contribution in [0.15, 0.2) is 27.4 Å². The van der Waals surface area contributed by atoms with Crippen molar-refractivity contribution < 1.29 is 4.42 Å². The Hall–Kier alpha value is -1.55. The zero-order valence-electron chi connectivity index (χ0n) is 7.20. The van der Waals surface area contributed by atoms with Crippen LogP contribution in [0.25, 0.3) is 11.1 Å². The fourth-order valence-corrected chi connectivity index (χ4v) is 1.25. The van der Waals surface area contributed by atoms with Gasteiger partial charge in [-0.05, 0) is 24.6 Å². The van der Waals surface area contributed by atoms with Crippen molar-refractivity contribution in [2.75, 3.05) is 0 Å². The van der Waals surface area contributed by atoms with E-state index in [-0.39, 0.29) is 6.04 Å². The summed E-state index contributed by atoms with van der Waals surface area (Å²) in [5, 5.41) is 0. The number of H-pyrrole nitrogens is 1. The number of aromatic nitrogens is 1. The zero-order chi connectivity index (χ0) is 9.42. The molecule has 0 aliphatic heterocycles. The quantitative estimate of drug-likeness (QED) is 0.687. The molecule has 4 heteroatoms. The minimum Gasteiger partial charge on any atom is -0.408 e. The van der Waals surface area contributed by atoms with Crippen LogP contribution in [0.5, 0.6) is 0 Å². The molecule has 68 valence electrons. The Morgan fingerprint density at radius 1 is 1.54 bits per heavy atom. The molecule has 2 aromatic rings. The molecule has 1 aromatic carbocycles. The van der Waals surface area contributed by atoms with Crippen LogP contribution in [0, 0.1) is 0 Å². The number of fused-ring (bicyclic) bond motifs is 1. The summed E-state index contributed by atoms with van der Waals surface area (Å²) in [5.41, 5.74) is 7.92. The number of nitrogens with two attached hydrogens (primary N) is 1. The summed E-state index contributed by atoms with van der Waals surface area (Å²) >= 11 is 0. The van der Waals surface area contributed by atoms with E-state index in [1.807, 2.05) is 19.1 Å². The Morgan fingerprint density at radius 2 is 2.31 bits per heavy atom. The van der Waals surface area contributed by atoms with Crippen LogP contribution in [0.2, 0.25) is 0 Å². The Bertz CT molecular complexity index is 482. The summed E-state index contributed by atoms with van der Waals surface area (Å²) in [5.74, 6) is -0.433. The van der Waals surface area contributed by atoms with Crippen LogP contribution in [-0.4, -0.2) is 4.98 Å². The number of nitrogens with one attached hydrogen (secondary N) is 1. The van der Waals surface area contributed by atoms with Crippen molar-refractivity contribution in [1.82, 2.24) is 4.98 Å². The van der Waals surface area contributed by atoms with Crippen molar-refractivity contribution in [3.8, 4) is 0 Å². The van der Waals surface area contributed by atoms with Gasteiger partial charge in [-0.3, -0.25) is 4.98 Å². The van der Waals surface area contributed by atoms with Gasteiger partial charge >= 0.3 is 5.76 Å². The lowest BCUT2D eigenvalue weighted by atomic mass is 10.1. The average Bonchev–Trinajstić information content (AvgIpc) is 2.42. The molecular formula is C9H10N2O2. The molecule has 0 saturated heterocycles. The second-order valence-corrected chi connectivity index (χ2v) is 3.06. The van der Waals surface area contributed by atoms with Gasteiger partial charge in [-0.2, -0.15) is 0 Å². The van der Waals surface area contributed by atoms with E-state index >= 15 is 0 Å². The lowest BCUT2D eigenvalue weighted by molar-refractivity contribution is 0.555. The molecule has 2 rings (SSSR count). The molecule has 1 aromatic heterocycles. The Balaban J connectivity index is 2.68. The Kier molecular flexibility index (Phi) is 1.70. The molecule has 1 heterocycles. The van der Waals surface area contributed by atoms with Gasteiger partial charge in [0.15, 0.2) is 5.58 Å². The maximum Gasteiger partial charge on any atom is 0.417 e. The first-order valence-corrected chi connectivity index (χ1v) is 4.05. The maximum absolute atomic E-state index is 10.8. The van der Waals surface area contributed by atoms with Crippen LogP contribution >= 0.6 is 0 Å². The van der Waals surface area contributed by atoms with E-state index in [2.05, 4.69) is 4.98 Å². The van der Waals surface area contributed by atoms with E-state index in [0.29, 0.717) is 11.1 Å². The van der Waals surface area contributed by atoms with Crippen LogP contribution in [-0.2, 0) is 0 Å². The van der Waals surface area contributed by atoms with Gasteiger partial charge in [0.05, 0.1) is 5.52 Å². The topological polar surface area (TPSA) is 72.0 Å². The Morgan fingerprint density at radius 3 is 3.00 bits per heavy atom. The van der Waals surface area contributed by atoms with Crippen molar-refractivity contribution in [3.63, 3.8) is 0 Å². The highest BCUT2D eigenvalue weighted by Gasteiger charge is 2.03. The lowest BCUT2D eigenvalue weighted by Crippen LogP contribution is -2.04. The minimum absolute atomic E-state index is 0.0391. The smallest absolute Gasteiger partial charge is 0.408 e. The SMILES string of the molecule is CC(N)c1ccc2oc(=O)[nH]c2c1. The van der Waals surface area contributed by atoms with Gasteiger partial charge in [0, 0.05) is 6.04 Å². The van der Waals surface area contributed by atoms with Gasteiger partial charge in [-0.15, -0.1) is 0 Å². The molecule has 3 N–H and O–H groups in total. The molecule has 0 bridgehead atoms. The number of hydrogen-bond acceptors (Lipinski definition) is 3. The zero-order valence-corrected chi connectivity index (χ0v) is 7.20. The highest BCUT2D eigenvalue weighted by Crippen LogP contribution is 2.16. The maximum atomic E-state index is 10.8. The second-order valence-electron chi connectivity index (χ2n) is 3.06. The third-order valence-corrected chi connectivity index (χ3v) is 1.97. The van der Waals surface area contributed by atoms with E-state index in [1.165, 1.54) is 0 Å². The third-order valence-electron chi connectivity index (χ3n) is 1.97. The van der Waals surface area contributed by atoms with Crippen LogP contribution in [0.3, 0.4) is 0 Å². The van der Waals surface area contributed by atoms with E-state index in [9.17, 15) is 4.79 Å². The van der Waals surface area contributed by atoms with Gasteiger partial charge < -0.3 is 10.2 Å². The molecule has 0 spiro atoms. The lowest BCUT2D eigenvalue weighted by Gasteiger charge is -2.03. The first-order valence-electron chi connectivity index (χ1n) is 4.05. The van der Waals surface area contributed by atoms with E-state index in [1.54, 1.807) is 6.07 Å². The molecule has 0 amide bonds. The van der Waals surface area contributed by atoms with Crippen LogP contribution in [0.4, 0.5) is 0 Å². The summed E-state index contributed by atoms with van der Waals surface area (Å²) in [6.45, 7) is 1.89. The monoisotopic (exact) mass is 178 g/mol. The first kappa shape index (κ1) is 8.07. The van der Waals surface area contributed by atoms with Crippen molar-refractivity contribution in [2.24, 2.45) is 5.73 Å². The normalized spacial score (nSPS) is 13.4. The van der Waals surface area contributed by atoms with Crippen molar-refractivity contribution >= 4 is 11.1 Å². The fraction of sp³-hybridized carbons (Fsp3) is 0.222. The summed E-state index contributed by atoms with van der Waals surface area (Å²) in [6.07, 6.45) is 0. The van der Waals surface area contributed by atoms with E-state index in [4.69, 9.17) is 10.2 Å². The van der Waals surface area contributed by atoms with Gasteiger partial charge in [-0.1, -0.05) is 6.07 Å². The third kappa shape index (κ3) is 1.36. The molecule has 0 fully saturated rings. The number of hydrogen-bond donors (Lipinski definition) is 2. The average molecular weight is 178 g/mol. The molecule has 1 atom stereocenters. The highest BCUT2D eigenvalue weighted by molar-refractivity contribution is 5.72. The summed E-state index contributed by atoms with van der Waals surface area (Å²) in [4.78, 5) is 13.4. The van der Waals surface area contributed by atoms with Gasteiger partial charge in [0.2, 0.25) is 0 Å². The molecule has 4 nitrogen and oxygen atoms in total. The van der Waals surface area contributed by atoms with Crippen molar-refractivity contribution in [2.45, 2.75) is 13.0 Å².